The van der Waals surface area contributed by atoms with Crippen LogP contribution in [0.2, 0.25) is 0 Å². The molecule has 1 heterocycles. The molecule has 1 fully saturated rings. The molecule has 0 aromatic heterocycles. The van der Waals surface area contributed by atoms with Gasteiger partial charge in [-0.1, -0.05) is 19.1 Å². The molecule has 0 unspecified atom stereocenters. The van der Waals surface area contributed by atoms with Crippen LogP contribution in [0.5, 0.6) is 5.75 Å². The number of para-hydroxylation sites is 1. The number of hydrogen-bond donors (Lipinski definition) is 0. The summed E-state index contributed by atoms with van der Waals surface area (Å²) in [5.74, 6) is -2.54. The molecule has 0 N–H and O–H groups in total. The summed E-state index contributed by atoms with van der Waals surface area (Å²) in [7, 11) is 1.19. The minimum Gasteiger partial charge on any atom is -0.467 e. The van der Waals surface area contributed by atoms with E-state index in [1.54, 1.807) is 19.1 Å². The summed E-state index contributed by atoms with van der Waals surface area (Å²) >= 11 is 0. The first kappa shape index (κ1) is 21.4. The molecule has 0 saturated carbocycles. The first-order chi connectivity index (χ1) is 13.3. The van der Waals surface area contributed by atoms with Crippen LogP contribution in [-0.4, -0.2) is 55.9 Å². The Morgan fingerprint density at radius 3 is 2.21 bits per heavy atom. The molecule has 1 saturated heterocycles. The maximum absolute atomic E-state index is 12.2. The van der Waals surface area contributed by atoms with Gasteiger partial charge in [0.1, 0.15) is 5.75 Å². The number of carbonyl (C=O) groups is 4. The summed E-state index contributed by atoms with van der Waals surface area (Å²) in [4.78, 5) is 46.6. The van der Waals surface area contributed by atoms with Crippen LogP contribution in [0.15, 0.2) is 24.3 Å². The van der Waals surface area contributed by atoms with Crippen LogP contribution < -0.4 is 4.74 Å². The molecule has 9 nitrogen and oxygen atoms in total. The van der Waals surface area contributed by atoms with Crippen molar-refractivity contribution in [2.75, 3.05) is 7.11 Å². The van der Waals surface area contributed by atoms with Crippen LogP contribution in [0.3, 0.4) is 0 Å². The van der Waals surface area contributed by atoms with Crippen molar-refractivity contribution < 1.29 is 42.9 Å². The fourth-order valence-electron chi connectivity index (χ4n) is 2.94. The molecule has 1 aromatic rings. The predicted octanol–water partition coefficient (Wildman–Crippen LogP) is 1.28. The van der Waals surface area contributed by atoms with Crippen LogP contribution in [0.4, 0.5) is 0 Å². The van der Waals surface area contributed by atoms with Crippen molar-refractivity contribution in [3.05, 3.63) is 29.8 Å². The summed E-state index contributed by atoms with van der Waals surface area (Å²) in [6, 6.07) is 6.32. The normalized spacial score (nSPS) is 26.6. The van der Waals surface area contributed by atoms with Gasteiger partial charge in [-0.25, -0.2) is 4.79 Å². The molecule has 0 amide bonds. The summed E-state index contributed by atoms with van der Waals surface area (Å²) in [5, 5.41) is 0. The first-order valence-corrected chi connectivity index (χ1v) is 8.57. The highest BCUT2D eigenvalue weighted by molar-refractivity contribution is 5.79. The van der Waals surface area contributed by atoms with Gasteiger partial charge in [-0.05, 0) is 12.1 Å². The van der Waals surface area contributed by atoms with E-state index in [1.165, 1.54) is 33.1 Å². The molecule has 0 bridgehead atoms. The summed E-state index contributed by atoms with van der Waals surface area (Å²) in [6.45, 7) is 3.97. The minimum absolute atomic E-state index is 0.152. The lowest BCUT2D eigenvalue weighted by Crippen LogP contribution is -2.60. The Morgan fingerprint density at radius 2 is 1.64 bits per heavy atom. The number of ether oxygens (including phenoxy) is 5. The summed E-state index contributed by atoms with van der Waals surface area (Å²) in [5.41, 5.74) is 0.227. The van der Waals surface area contributed by atoms with Crippen molar-refractivity contribution in [3.63, 3.8) is 0 Å². The van der Waals surface area contributed by atoms with Crippen molar-refractivity contribution >= 4 is 24.2 Å². The third-order valence-electron chi connectivity index (χ3n) is 4.20. The Hall–Kier alpha value is -2.94. The van der Waals surface area contributed by atoms with Crippen LogP contribution in [0, 0.1) is 5.92 Å². The second-order valence-electron chi connectivity index (χ2n) is 6.23. The maximum atomic E-state index is 12.2. The molecule has 152 valence electrons. The van der Waals surface area contributed by atoms with E-state index >= 15 is 0 Å². The van der Waals surface area contributed by atoms with Crippen LogP contribution in [0.25, 0.3) is 0 Å². The maximum Gasteiger partial charge on any atom is 0.335 e. The molecule has 0 radical (unpaired) electrons. The number of hydrogen-bond acceptors (Lipinski definition) is 9. The van der Waals surface area contributed by atoms with Gasteiger partial charge in [0.2, 0.25) is 12.4 Å². The molecule has 1 aliphatic heterocycles. The Bertz CT molecular complexity index is 745. The van der Waals surface area contributed by atoms with E-state index in [-0.39, 0.29) is 11.3 Å². The number of aldehydes is 1. The number of esters is 3. The van der Waals surface area contributed by atoms with Crippen LogP contribution in [-0.2, 0) is 33.3 Å². The average Bonchev–Trinajstić information content (AvgIpc) is 2.65. The third kappa shape index (κ3) is 4.86. The van der Waals surface area contributed by atoms with Crippen molar-refractivity contribution in [2.24, 2.45) is 5.92 Å². The lowest BCUT2D eigenvalue weighted by molar-refractivity contribution is -0.266. The van der Waals surface area contributed by atoms with E-state index in [2.05, 4.69) is 0 Å². The quantitative estimate of drug-likeness (QED) is 0.400. The molecule has 5 atom stereocenters. The molecule has 1 aliphatic rings. The van der Waals surface area contributed by atoms with Gasteiger partial charge in [-0.15, -0.1) is 0 Å². The van der Waals surface area contributed by atoms with Gasteiger partial charge in [0.15, 0.2) is 18.5 Å². The zero-order valence-electron chi connectivity index (χ0n) is 15.9. The predicted molar refractivity (Wildman–Crippen MR) is 93.4 cm³/mol. The number of rotatable bonds is 6. The van der Waals surface area contributed by atoms with Gasteiger partial charge in [0, 0.05) is 19.8 Å². The molecule has 28 heavy (non-hydrogen) atoms. The monoisotopic (exact) mass is 394 g/mol. The number of methoxy groups -OCH3 is 1. The minimum atomic E-state index is -1.32. The molecule has 9 heteroatoms. The zero-order chi connectivity index (χ0) is 20.8. The Labute approximate surface area is 161 Å². The summed E-state index contributed by atoms with van der Waals surface area (Å²) in [6.07, 6.45) is -4.09. The smallest absolute Gasteiger partial charge is 0.335 e. The van der Waals surface area contributed by atoms with E-state index in [0.29, 0.717) is 6.29 Å². The van der Waals surface area contributed by atoms with Crippen molar-refractivity contribution in [3.8, 4) is 5.75 Å². The van der Waals surface area contributed by atoms with Crippen LogP contribution in [0.1, 0.15) is 31.1 Å². The second-order valence-corrected chi connectivity index (χ2v) is 6.23. The van der Waals surface area contributed by atoms with Gasteiger partial charge in [0.25, 0.3) is 0 Å². The highest BCUT2D eigenvalue weighted by Crippen LogP contribution is 2.33. The molecular formula is C19H22O9. The van der Waals surface area contributed by atoms with Crippen molar-refractivity contribution in [2.45, 2.75) is 45.4 Å². The fraction of sp³-hybridized carbons (Fsp3) is 0.474. The number of carbonyl (C=O) groups excluding carboxylic acids is 4. The average molecular weight is 394 g/mol. The Kier molecular flexibility index (Phi) is 7.11. The summed E-state index contributed by atoms with van der Waals surface area (Å²) < 4.78 is 26.8. The standard InChI is InChI=1S/C19H22O9/c1-10-15(25-11(2)21)17(26-12(3)22)19(28-16(10)18(23)24-4)27-14-8-6-5-7-13(14)9-20/h5-10,15-17,19H,1-4H3/t10-,15-,16-,17+,19+/m0/s1. The molecule has 2 rings (SSSR count). The molecule has 1 aromatic carbocycles. The van der Waals surface area contributed by atoms with Gasteiger partial charge in [-0.3, -0.25) is 14.4 Å². The van der Waals surface area contributed by atoms with Gasteiger partial charge < -0.3 is 23.7 Å². The zero-order valence-corrected chi connectivity index (χ0v) is 15.9. The van der Waals surface area contributed by atoms with E-state index in [4.69, 9.17) is 23.7 Å². The lowest BCUT2D eigenvalue weighted by atomic mass is 9.90. The SMILES string of the molecule is COC(=O)[C@H]1O[C@@H](Oc2ccccc2C=O)[C@H](OC(C)=O)[C@@H](OC(C)=O)[C@@H]1C. The van der Waals surface area contributed by atoms with Gasteiger partial charge in [0.05, 0.1) is 12.7 Å². The lowest BCUT2D eigenvalue weighted by Gasteiger charge is -2.42. The van der Waals surface area contributed by atoms with Gasteiger partial charge >= 0.3 is 17.9 Å². The van der Waals surface area contributed by atoms with E-state index in [1.807, 2.05) is 0 Å². The van der Waals surface area contributed by atoms with Crippen LogP contribution >= 0.6 is 0 Å². The Morgan fingerprint density at radius 1 is 1.04 bits per heavy atom. The Balaban J connectivity index is 2.43. The molecular weight excluding hydrogens is 372 g/mol. The second kappa shape index (κ2) is 9.32. The molecule has 0 aliphatic carbocycles. The fourth-order valence-corrected chi connectivity index (χ4v) is 2.94. The van der Waals surface area contributed by atoms with Crippen molar-refractivity contribution in [1.29, 1.82) is 0 Å². The molecule has 0 spiro atoms. The van der Waals surface area contributed by atoms with E-state index < -0.39 is 48.4 Å². The highest BCUT2D eigenvalue weighted by Gasteiger charge is 2.52. The third-order valence-corrected chi connectivity index (χ3v) is 4.20. The van der Waals surface area contributed by atoms with E-state index in [9.17, 15) is 19.2 Å². The first-order valence-electron chi connectivity index (χ1n) is 8.57. The largest absolute Gasteiger partial charge is 0.467 e. The topological polar surface area (TPSA) is 114 Å². The van der Waals surface area contributed by atoms with Crippen molar-refractivity contribution in [1.82, 2.24) is 0 Å². The van der Waals surface area contributed by atoms with E-state index in [0.717, 1.165) is 0 Å². The highest BCUT2D eigenvalue weighted by atomic mass is 16.7. The van der Waals surface area contributed by atoms with Gasteiger partial charge in [-0.2, -0.15) is 0 Å². The number of benzene rings is 1.